The summed E-state index contributed by atoms with van der Waals surface area (Å²) < 4.78 is 5.88. The van der Waals surface area contributed by atoms with E-state index in [2.05, 4.69) is 11.4 Å². The number of hydrogen-bond donors (Lipinski definition) is 1. The van der Waals surface area contributed by atoms with Crippen LogP contribution in [0.15, 0.2) is 11.6 Å². The Bertz CT molecular complexity index is 445. The second-order valence-corrected chi connectivity index (χ2v) is 5.44. The van der Waals surface area contributed by atoms with Gasteiger partial charge in [-0.15, -0.1) is 0 Å². The van der Waals surface area contributed by atoms with Crippen LogP contribution in [-0.2, 0) is 14.3 Å². The van der Waals surface area contributed by atoms with E-state index in [0.717, 1.165) is 6.54 Å². The normalized spacial score (nSPS) is 44.8. The molecule has 0 aromatic carbocycles. The molecule has 5 nitrogen and oxygen atoms in total. The lowest BCUT2D eigenvalue weighted by molar-refractivity contribution is -0.696. The summed E-state index contributed by atoms with van der Waals surface area (Å²) in [6, 6.07) is 0.0256. The molecule has 3 aliphatic rings. The Morgan fingerprint density at radius 1 is 1.47 bits per heavy atom. The molecule has 5 heteroatoms. The zero-order chi connectivity index (χ0) is 12.4. The van der Waals surface area contributed by atoms with Crippen molar-refractivity contribution < 1.29 is 19.6 Å². The quantitative estimate of drug-likeness (QED) is 0.418. The van der Waals surface area contributed by atoms with Crippen LogP contribution in [0.5, 0.6) is 0 Å². The van der Waals surface area contributed by atoms with Gasteiger partial charge in [0.25, 0.3) is 5.91 Å². The number of nitrogens with zero attached hydrogens (tertiary/aromatic N) is 1. The van der Waals surface area contributed by atoms with E-state index >= 15 is 0 Å². The van der Waals surface area contributed by atoms with E-state index < -0.39 is 11.7 Å². The molecule has 0 aromatic rings. The maximum absolute atomic E-state index is 12.1. The van der Waals surface area contributed by atoms with Gasteiger partial charge in [-0.05, 0) is 25.5 Å². The molecule has 3 aliphatic heterocycles. The van der Waals surface area contributed by atoms with Gasteiger partial charge in [0.2, 0.25) is 5.91 Å². The number of imide groups is 1. The van der Waals surface area contributed by atoms with Crippen LogP contribution < -0.4 is 5.32 Å². The van der Waals surface area contributed by atoms with E-state index in [-0.39, 0.29) is 23.8 Å². The molecule has 2 saturated heterocycles. The summed E-state index contributed by atoms with van der Waals surface area (Å²) in [6.07, 6.45) is 1.48. The van der Waals surface area contributed by atoms with Crippen molar-refractivity contribution in [1.29, 1.82) is 0 Å². The highest BCUT2D eigenvalue weighted by molar-refractivity contribution is 6.07. The Morgan fingerprint density at radius 3 is 2.88 bits per heavy atom. The van der Waals surface area contributed by atoms with Crippen LogP contribution in [0.25, 0.3) is 0 Å². The van der Waals surface area contributed by atoms with Crippen molar-refractivity contribution in [3.8, 4) is 0 Å². The molecule has 4 atom stereocenters. The number of carbonyl (C=O) groups excluding carboxylic acids is 2. The molecule has 0 bridgehead atoms. The molecule has 2 fully saturated rings. The van der Waals surface area contributed by atoms with E-state index in [1.165, 1.54) is 17.5 Å². The third-order valence-corrected chi connectivity index (χ3v) is 4.17. The Labute approximate surface area is 99.8 Å². The Hall–Kier alpha value is -1.20. The zero-order valence-corrected chi connectivity index (χ0v) is 10.3. The minimum absolute atomic E-state index is 0.0256. The van der Waals surface area contributed by atoms with Gasteiger partial charge in [0.05, 0.1) is 6.54 Å². The molecular weight excluding hydrogens is 220 g/mol. The minimum atomic E-state index is -0.583. The highest BCUT2D eigenvalue weighted by atomic mass is 16.5. The first-order valence-corrected chi connectivity index (χ1v) is 5.95. The summed E-state index contributed by atoms with van der Waals surface area (Å²) in [5.41, 5.74) is 0.751. The average Bonchev–Trinajstić information content (AvgIpc) is 2.66. The summed E-state index contributed by atoms with van der Waals surface area (Å²) in [4.78, 5) is 25.2. The predicted octanol–water partition coefficient (Wildman–Crippen LogP) is -1.35. The van der Waals surface area contributed by atoms with Gasteiger partial charge in [0, 0.05) is 7.05 Å². The fraction of sp³-hybridized carbons (Fsp3) is 0.667. The molecule has 0 saturated carbocycles. The first-order chi connectivity index (χ1) is 7.94. The minimum Gasteiger partial charge on any atom is -0.351 e. The average molecular weight is 237 g/mol. The molecule has 92 valence electrons. The lowest BCUT2D eigenvalue weighted by Crippen LogP contribution is -2.96. The van der Waals surface area contributed by atoms with Crippen molar-refractivity contribution in [2.45, 2.75) is 31.6 Å². The second kappa shape index (κ2) is 3.17. The van der Waals surface area contributed by atoms with Crippen molar-refractivity contribution in [1.82, 2.24) is 4.90 Å². The number of nitrogens with two attached hydrogens (primary N) is 1. The number of likely N-dealkylation sites (tertiary alicyclic amines) is 1. The molecule has 3 rings (SSSR count). The van der Waals surface area contributed by atoms with Crippen LogP contribution in [0, 0.1) is 5.92 Å². The lowest BCUT2D eigenvalue weighted by atomic mass is 9.84. The van der Waals surface area contributed by atoms with Crippen LogP contribution in [0.2, 0.25) is 0 Å². The van der Waals surface area contributed by atoms with Gasteiger partial charge in [-0.3, -0.25) is 14.5 Å². The van der Waals surface area contributed by atoms with Crippen LogP contribution in [-0.4, -0.2) is 48.1 Å². The standard InChI is InChI=1S/C12H16N2O3/c1-6-4-12(2)9(13-5-6)7-8(17-12)11(16)14(3)10(7)15/h4,7-9,13H,5H2,1-3H3/p+1/t7-,8-,9-,12-/m0/s1. The van der Waals surface area contributed by atoms with Gasteiger partial charge in [-0.2, -0.15) is 0 Å². The zero-order valence-electron chi connectivity index (χ0n) is 10.3. The van der Waals surface area contributed by atoms with E-state index in [0.29, 0.717) is 0 Å². The van der Waals surface area contributed by atoms with Crippen LogP contribution in [0.4, 0.5) is 0 Å². The first-order valence-electron chi connectivity index (χ1n) is 5.95. The Morgan fingerprint density at radius 2 is 2.18 bits per heavy atom. The van der Waals surface area contributed by atoms with Crippen LogP contribution in [0.1, 0.15) is 13.8 Å². The molecule has 2 amide bonds. The first kappa shape index (κ1) is 10.9. The summed E-state index contributed by atoms with van der Waals surface area (Å²) in [5.74, 6) is -0.616. The highest BCUT2D eigenvalue weighted by Crippen LogP contribution is 2.41. The topological polar surface area (TPSA) is 63.2 Å². The number of amides is 2. The number of likely N-dealkylation sites (N-methyl/N-ethyl adjacent to an activating group) is 1. The number of ether oxygens (including phenoxy) is 1. The second-order valence-electron chi connectivity index (χ2n) is 5.44. The van der Waals surface area contributed by atoms with Gasteiger partial charge in [-0.1, -0.05) is 0 Å². The third-order valence-electron chi connectivity index (χ3n) is 4.17. The van der Waals surface area contributed by atoms with Gasteiger partial charge >= 0.3 is 0 Å². The largest absolute Gasteiger partial charge is 0.351 e. The maximum atomic E-state index is 12.1. The van der Waals surface area contributed by atoms with E-state index in [9.17, 15) is 9.59 Å². The summed E-state index contributed by atoms with van der Waals surface area (Å²) in [6.45, 7) is 4.89. The molecule has 0 aromatic heterocycles. The predicted molar refractivity (Wildman–Crippen MR) is 58.9 cm³/mol. The molecule has 0 aliphatic carbocycles. The molecular formula is C12H17N2O3+. The van der Waals surface area contributed by atoms with Crippen molar-refractivity contribution in [2.24, 2.45) is 5.92 Å². The fourth-order valence-corrected chi connectivity index (χ4v) is 3.35. The number of fused-ring (bicyclic) bond motifs is 3. The smallest absolute Gasteiger partial charge is 0.259 e. The van der Waals surface area contributed by atoms with Crippen molar-refractivity contribution in [3.63, 3.8) is 0 Å². The number of carbonyl (C=O) groups is 2. The summed E-state index contributed by atoms with van der Waals surface area (Å²) in [5, 5.41) is 2.13. The fourth-order valence-electron chi connectivity index (χ4n) is 3.35. The summed E-state index contributed by atoms with van der Waals surface area (Å²) >= 11 is 0. The summed E-state index contributed by atoms with van der Waals surface area (Å²) in [7, 11) is 1.54. The van der Waals surface area contributed by atoms with Gasteiger partial charge in [-0.25, -0.2) is 0 Å². The molecule has 0 unspecified atom stereocenters. The van der Waals surface area contributed by atoms with E-state index in [1.807, 2.05) is 13.8 Å². The third kappa shape index (κ3) is 1.26. The Kier molecular flexibility index (Phi) is 2.04. The van der Waals surface area contributed by atoms with Gasteiger partial charge in [0.15, 0.2) is 6.10 Å². The number of hydrogen-bond acceptors (Lipinski definition) is 3. The number of rotatable bonds is 0. The molecule has 0 spiro atoms. The van der Waals surface area contributed by atoms with Crippen molar-refractivity contribution >= 4 is 11.8 Å². The monoisotopic (exact) mass is 237 g/mol. The maximum Gasteiger partial charge on any atom is 0.259 e. The van der Waals surface area contributed by atoms with Crippen LogP contribution in [0.3, 0.4) is 0 Å². The molecule has 3 heterocycles. The van der Waals surface area contributed by atoms with Crippen molar-refractivity contribution in [2.75, 3.05) is 13.6 Å². The van der Waals surface area contributed by atoms with E-state index in [4.69, 9.17) is 4.74 Å². The highest BCUT2D eigenvalue weighted by Gasteiger charge is 2.65. The number of quaternary nitrogens is 1. The molecule has 2 N–H and O–H groups in total. The lowest BCUT2D eigenvalue weighted by Gasteiger charge is -2.32. The SMILES string of the molecule is CC1=C[C@]2(C)O[C@@H]3C(=O)N(C)C(=O)[C@@H]3[C@@H]2[NH2+]C1. The van der Waals surface area contributed by atoms with Crippen LogP contribution >= 0.6 is 0 Å². The molecule has 0 radical (unpaired) electrons. The van der Waals surface area contributed by atoms with Gasteiger partial charge in [0.1, 0.15) is 17.6 Å². The van der Waals surface area contributed by atoms with E-state index in [1.54, 1.807) is 0 Å². The van der Waals surface area contributed by atoms with Gasteiger partial charge < -0.3 is 10.1 Å². The molecule has 17 heavy (non-hydrogen) atoms. The van der Waals surface area contributed by atoms with Crippen molar-refractivity contribution in [3.05, 3.63) is 11.6 Å². The Balaban J connectivity index is 2.02.